The average molecular weight is 247 g/mol. The molecule has 1 aromatic carbocycles. The Bertz CT molecular complexity index is 407. The number of benzene rings is 1. The molecule has 2 N–H and O–H groups in total. The van der Waals surface area contributed by atoms with E-state index >= 15 is 0 Å². The van der Waals surface area contributed by atoms with Gasteiger partial charge in [0.2, 0.25) is 0 Å². The van der Waals surface area contributed by atoms with Crippen molar-refractivity contribution >= 4 is 5.78 Å². The SMILES string of the molecule is CCCC(C)(N)C(=O)c1cccc(CC(C)C)c1. The third-order valence-corrected chi connectivity index (χ3v) is 3.12. The zero-order chi connectivity index (χ0) is 13.8. The number of hydrogen-bond acceptors (Lipinski definition) is 2. The van der Waals surface area contributed by atoms with E-state index in [0.717, 1.165) is 24.8 Å². The van der Waals surface area contributed by atoms with Crippen LogP contribution in [-0.4, -0.2) is 11.3 Å². The highest BCUT2D eigenvalue weighted by atomic mass is 16.1. The van der Waals surface area contributed by atoms with Gasteiger partial charge in [-0.25, -0.2) is 0 Å². The van der Waals surface area contributed by atoms with E-state index in [2.05, 4.69) is 19.9 Å². The number of ketones is 1. The maximum atomic E-state index is 12.4. The first kappa shape index (κ1) is 14.9. The van der Waals surface area contributed by atoms with Crippen LogP contribution in [0.4, 0.5) is 0 Å². The summed E-state index contributed by atoms with van der Waals surface area (Å²) in [6.45, 7) is 8.23. The summed E-state index contributed by atoms with van der Waals surface area (Å²) in [6.07, 6.45) is 2.64. The van der Waals surface area contributed by atoms with Gasteiger partial charge in [0, 0.05) is 5.56 Å². The van der Waals surface area contributed by atoms with Gasteiger partial charge in [-0.3, -0.25) is 4.79 Å². The molecule has 100 valence electrons. The van der Waals surface area contributed by atoms with Crippen LogP contribution >= 0.6 is 0 Å². The molecule has 0 saturated carbocycles. The van der Waals surface area contributed by atoms with Gasteiger partial charge in [-0.15, -0.1) is 0 Å². The van der Waals surface area contributed by atoms with Gasteiger partial charge < -0.3 is 5.73 Å². The fourth-order valence-corrected chi connectivity index (χ4v) is 2.27. The third-order valence-electron chi connectivity index (χ3n) is 3.12. The molecule has 0 amide bonds. The minimum atomic E-state index is -0.745. The van der Waals surface area contributed by atoms with Gasteiger partial charge in [-0.2, -0.15) is 0 Å². The molecule has 0 bridgehead atoms. The molecule has 1 rings (SSSR count). The van der Waals surface area contributed by atoms with Crippen molar-refractivity contribution in [3.63, 3.8) is 0 Å². The second kappa shape index (κ2) is 6.14. The van der Waals surface area contributed by atoms with E-state index in [1.165, 1.54) is 5.56 Å². The topological polar surface area (TPSA) is 43.1 Å². The lowest BCUT2D eigenvalue weighted by molar-refractivity contribution is 0.0893. The number of rotatable bonds is 6. The minimum absolute atomic E-state index is 0.0509. The van der Waals surface area contributed by atoms with Crippen molar-refractivity contribution in [1.82, 2.24) is 0 Å². The van der Waals surface area contributed by atoms with Gasteiger partial charge in [0.05, 0.1) is 5.54 Å². The molecule has 0 fully saturated rings. The fourth-order valence-electron chi connectivity index (χ4n) is 2.27. The summed E-state index contributed by atoms with van der Waals surface area (Å²) in [6, 6.07) is 7.88. The summed E-state index contributed by atoms with van der Waals surface area (Å²) in [4.78, 5) is 12.4. The van der Waals surface area contributed by atoms with E-state index in [1.54, 1.807) is 0 Å². The van der Waals surface area contributed by atoms with Crippen LogP contribution in [-0.2, 0) is 6.42 Å². The summed E-state index contributed by atoms with van der Waals surface area (Å²) in [5.74, 6) is 0.644. The van der Waals surface area contributed by atoms with Gasteiger partial charge in [-0.05, 0) is 37.3 Å². The van der Waals surface area contributed by atoms with Crippen molar-refractivity contribution in [2.75, 3.05) is 0 Å². The van der Waals surface area contributed by atoms with Crippen LogP contribution in [0.5, 0.6) is 0 Å². The maximum Gasteiger partial charge on any atom is 0.182 e. The molecule has 2 heteroatoms. The molecule has 0 aromatic heterocycles. The summed E-state index contributed by atoms with van der Waals surface area (Å²) in [5, 5.41) is 0. The Balaban J connectivity index is 2.92. The minimum Gasteiger partial charge on any atom is -0.319 e. The molecular weight excluding hydrogens is 222 g/mol. The molecule has 0 spiro atoms. The van der Waals surface area contributed by atoms with Crippen LogP contribution in [0.2, 0.25) is 0 Å². The first-order valence-electron chi connectivity index (χ1n) is 6.79. The molecule has 0 saturated heterocycles. The largest absolute Gasteiger partial charge is 0.319 e. The zero-order valence-electron chi connectivity index (χ0n) is 12.0. The van der Waals surface area contributed by atoms with Crippen LogP contribution < -0.4 is 5.73 Å². The van der Waals surface area contributed by atoms with Crippen LogP contribution in [0, 0.1) is 5.92 Å². The lowest BCUT2D eigenvalue weighted by Crippen LogP contribution is -2.44. The molecule has 0 heterocycles. The Morgan fingerprint density at radius 3 is 2.61 bits per heavy atom. The highest BCUT2D eigenvalue weighted by molar-refractivity contribution is 6.02. The van der Waals surface area contributed by atoms with Crippen LogP contribution in [0.15, 0.2) is 24.3 Å². The molecule has 0 radical (unpaired) electrons. The lowest BCUT2D eigenvalue weighted by Gasteiger charge is -2.22. The Morgan fingerprint density at radius 2 is 2.06 bits per heavy atom. The summed E-state index contributed by atoms with van der Waals surface area (Å²) in [5.41, 5.74) is 7.31. The average Bonchev–Trinajstić information content (AvgIpc) is 2.27. The molecule has 1 atom stereocenters. The molecule has 0 aliphatic carbocycles. The molecule has 2 nitrogen and oxygen atoms in total. The number of nitrogens with two attached hydrogens (primary N) is 1. The highest BCUT2D eigenvalue weighted by Crippen LogP contribution is 2.18. The van der Waals surface area contributed by atoms with Gasteiger partial charge >= 0.3 is 0 Å². The summed E-state index contributed by atoms with van der Waals surface area (Å²) >= 11 is 0. The van der Waals surface area contributed by atoms with Crippen molar-refractivity contribution in [3.05, 3.63) is 35.4 Å². The summed E-state index contributed by atoms with van der Waals surface area (Å²) < 4.78 is 0. The Morgan fingerprint density at radius 1 is 1.39 bits per heavy atom. The predicted octanol–water partition coefficient (Wildman–Crippen LogP) is 3.59. The van der Waals surface area contributed by atoms with Crippen molar-refractivity contribution < 1.29 is 4.79 Å². The van der Waals surface area contributed by atoms with E-state index in [0.29, 0.717) is 5.92 Å². The normalized spacial score (nSPS) is 14.6. The number of carbonyl (C=O) groups excluding carboxylic acids is 1. The van der Waals surface area contributed by atoms with E-state index < -0.39 is 5.54 Å². The molecule has 0 aliphatic heterocycles. The zero-order valence-corrected chi connectivity index (χ0v) is 12.0. The third kappa shape index (κ3) is 3.95. The summed E-state index contributed by atoms with van der Waals surface area (Å²) in [7, 11) is 0. The molecule has 18 heavy (non-hydrogen) atoms. The van der Waals surface area contributed by atoms with Gasteiger partial charge in [0.25, 0.3) is 0 Å². The fraction of sp³-hybridized carbons (Fsp3) is 0.562. The molecule has 1 aromatic rings. The first-order chi connectivity index (χ1) is 8.36. The number of carbonyl (C=O) groups is 1. The van der Waals surface area contributed by atoms with Gasteiger partial charge in [-0.1, -0.05) is 45.4 Å². The molecular formula is C16H25NO. The second-order valence-corrected chi connectivity index (χ2v) is 5.79. The lowest BCUT2D eigenvalue weighted by atomic mass is 9.87. The number of hydrogen-bond donors (Lipinski definition) is 1. The van der Waals surface area contributed by atoms with Crippen LogP contribution in [0.3, 0.4) is 0 Å². The standard InChI is InChI=1S/C16H25NO/c1-5-9-16(4,17)15(18)14-8-6-7-13(11-14)10-12(2)3/h6-8,11-12H,5,9-10,17H2,1-4H3. The van der Waals surface area contributed by atoms with Gasteiger partial charge in [0.15, 0.2) is 5.78 Å². The van der Waals surface area contributed by atoms with Crippen molar-refractivity contribution in [1.29, 1.82) is 0 Å². The van der Waals surface area contributed by atoms with Crippen molar-refractivity contribution in [3.8, 4) is 0 Å². The van der Waals surface area contributed by atoms with E-state index in [-0.39, 0.29) is 5.78 Å². The Hall–Kier alpha value is -1.15. The second-order valence-electron chi connectivity index (χ2n) is 5.79. The molecule has 1 unspecified atom stereocenters. The predicted molar refractivity (Wildman–Crippen MR) is 76.8 cm³/mol. The first-order valence-corrected chi connectivity index (χ1v) is 6.79. The highest BCUT2D eigenvalue weighted by Gasteiger charge is 2.28. The quantitative estimate of drug-likeness (QED) is 0.781. The van der Waals surface area contributed by atoms with Crippen LogP contribution in [0.1, 0.15) is 56.5 Å². The van der Waals surface area contributed by atoms with Crippen LogP contribution in [0.25, 0.3) is 0 Å². The van der Waals surface area contributed by atoms with E-state index in [9.17, 15) is 4.79 Å². The smallest absolute Gasteiger partial charge is 0.182 e. The van der Waals surface area contributed by atoms with Crippen molar-refractivity contribution in [2.24, 2.45) is 11.7 Å². The van der Waals surface area contributed by atoms with Gasteiger partial charge in [0.1, 0.15) is 0 Å². The monoisotopic (exact) mass is 247 g/mol. The van der Waals surface area contributed by atoms with E-state index in [4.69, 9.17) is 5.73 Å². The van der Waals surface area contributed by atoms with Crippen molar-refractivity contribution in [2.45, 2.75) is 52.5 Å². The number of Topliss-reactive ketones (excluding diaryl/α,β-unsaturated/α-hetero) is 1. The Kier molecular flexibility index (Phi) is 5.09. The Labute approximate surface area is 111 Å². The van der Waals surface area contributed by atoms with E-state index in [1.807, 2.05) is 32.0 Å². The molecule has 0 aliphatic rings. The maximum absolute atomic E-state index is 12.4.